The highest BCUT2D eigenvalue weighted by Crippen LogP contribution is 2.17. The summed E-state index contributed by atoms with van der Waals surface area (Å²) in [6, 6.07) is 14.9. The van der Waals surface area contributed by atoms with Crippen LogP contribution in [-0.4, -0.2) is 45.2 Å². The van der Waals surface area contributed by atoms with Crippen molar-refractivity contribution in [3.8, 4) is 0 Å². The number of nitrogens with two attached hydrogens (primary N) is 1. The number of sulfonamides is 1. The number of hydrogen-bond donors (Lipinski definition) is 2. The first-order chi connectivity index (χ1) is 12.3. The number of carbonyl (C=O) groups excluding carboxylic acids is 1. The van der Waals surface area contributed by atoms with Gasteiger partial charge in [-0.25, -0.2) is 12.7 Å². The maximum absolute atomic E-state index is 12.1. The second-order valence-electron chi connectivity index (χ2n) is 5.48. The van der Waals surface area contributed by atoms with E-state index in [1.807, 2.05) is 6.07 Å². The lowest BCUT2D eigenvalue weighted by Gasteiger charge is -2.12. The predicted molar refractivity (Wildman–Crippen MR) is 99.1 cm³/mol. The van der Waals surface area contributed by atoms with Crippen LogP contribution in [0.4, 0.5) is 5.69 Å². The highest BCUT2D eigenvalue weighted by atomic mass is 32.2. The first-order valence-corrected chi connectivity index (χ1v) is 9.08. The van der Waals surface area contributed by atoms with Gasteiger partial charge in [-0.3, -0.25) is 4.79 Å². The highest BCUT2D eigenvalue weighted by Gasteiger charge is 2.17. The molecule has 0 atom stereocenters. The largest absolute Gasteiger partial charge is 0.384 e. The van der Waals surface area contributed by atoms with Crippen LogP contribution in [0, 0.1) is 0 Å². The molecule has 0 saturated carbocycles. The van der Waals surface area contributed by atoms with Crippen molar-refractivity contribution in [2.24, 2.45) is 10.9 Å². The van der Waals surface area contributed by atoms with Crippen molar-refractivity contribution < 1.29 is 18.0 Å². The normalized spacial score (nSPS) is 12.0. The van der Waals surface area contributed by atoms with E-state index in [0.717, 1.165) is 4.31 Å². The van der Waals surface area contributed by atoms with Gasteiger partial charge in [0.1, 0.15) is 0 Å². The third kappa shape index (κ3) is 5.04. The van der Waals surface area contributed by atoms with Gasteiger partial charge in [-0.05, 0) is 18.2 Å². The zero-order valence-electron chi connectivity index (χ0n) is 14.4. The molecule has 2 aromatic rings. The Hall–Kier alpha value is -2.91. The number of rotatable bonds is 7. The van der Waals surface area contributed by atoms with Crippen molar-refractivity contribution in [2.45, 2.75) is 4.90 Å². The van der Waals surface area contributed by atoms with Gasteiger partial charge >= 0.3 is 0 Å². The molecule has 0 aliphatic carbocycles. The Kier molecular flexibility index (Phi) is 6.31. The second-order valence-corrected chi connectivity index (χ2v) is 7.63. The number of amidine groups is 1. The fourth-order valence-corrected chi connectivity index (χ4v) is 2.91. The third-order valence-electron chi connectivity index (χ3n) is 3.32. The molecule has 0 unspecified atom stereocenters. The molecule has 8 nitrogen and oxygen atoms in total. The number of nitrogens with zero attached hydrogens (tertiary/aromatic N) is 2. The van der Waals surface area contributed by atoms with Gasteiger partial charge in [0.15, 0.2) is 12.4 Å². The lowest BCUT2D eigenvalue weighted by Crippen LogP contribution is -2.23. The number of carbonyl (C=O) groups is 1. The van der Waals surface area contributed by atoms with E-state index in [0.29, 0.717) is 11.3 Å². The van der Waals surface area contributed by atoms with Gasteiger partial charge in [0.2, 0.25) is 10.0 Å². The lowest BCUT2D eigenvalue weighted by atomic mass is 10.2. The van der Waals surface area contributed by atoms with Crippen LogP contribution in [0.5, 0.6) is 0 Å². The molecule has 26 heavy (non-hydrogen) atoms. The molecule has 0 aromatic heterocycles. The minimum Gasteiger partial charge on any atom is -0.384 e. The van der Waals surface area contributed by atoms with Crippen molar-refractivity contribution in [3.05, 3.63) is 60.2 Å². The van der Waals surface area contributed by atoms with Crippen LogP contribution >= 0.6 is 0 Å². The minimum atomic E-state index is -3.58. The van der Waals surface area contributed by atoms with Crippen LogP contribution < -0.4 is 11.1 Å². The topological polar surface area (TPSA) is 114 Å². The molecule has 138 valence electrons. The van der Waals surface area contributed by atoms with E-state index in [4.69, 9.17) is 10.6 Å². The van der Waals surface area contributed by atoms with E-state index in [-0.39, 0.29) is 17.3 Å². The molecule has 3 N–H and O–H groups in total. The molecule has 0 radical (unpaired) electrons. The molecule has 0 spiro atoms. The standard InChI is InChI=1S/C17H20N4O4S/c1-21(2)26(23,24)15-10-6-9-14(11-15)19-16(22)12-25-20-17(18)13-7-4-3-5-8-13/h3-11H,12H2,1-2H3,(H2,18,20)(H,19,22). The average molecular weight is 376 g/mol. The maximum atomic E-state index is 12.1. The molecular formula is C17H20N4O4S. The maximum Gasteiger partial charge on any atom is 0.265 e. The summed E-state index contributed by atoms with van der Waals surface area (Å²) in [5.41, 5.74) is 6.76. The van der Waals surface area contributed by atoms with Crippen molar-refractivity contribution in [3.63, 3.8) is 0 Å². The minimum absolute atomic E-state index is 0.0764. The van der Waals surface area contributed by atoms with Gasteiger partial charge in [-0.15, -0.1) is 0 Å². The summed E-state index contributed by atoms with van der Waals surface area (Å²) >= 11 is 0. The molecule has 0 bridgehead atoms. The number of benzene rings is 2. The quantitative estimate of drug-likeness (QED) is 0.428. The average Bonchev–Trinajstić information content (AvgIpc) is 2.62. The van der Waals surface area contributed by atoms with Crippen LogP contribution in [-0.2, 0) is 19.7 Å². The van der Waals surface area contributed by atoms with Crippen LogP contribution in [0.3, 0.4) is 0 Å². The molecule has 0 heterocycles. The Morgan fingerprint density at radius 1 is 1.15 bits per heavy atom. The zero-order chi connectivity index (χ0) is 19.2. The first-order valence-electron chi connectivity index (χ1n) is 7.64. The number of anilines is 1. The fourth-order valence-electron chi connectivity index (χ4n) is 1.96. The van der Waals surface area contributed by atoms with Crippen LogP contribution in [0.1, 0.15) is 5.56 Å². The van der Waals surface area contributed by atoms with Crippen molar-refractivity contribution in [1.82, 2.24) is 4.31 Å². The zero-order valence-corrected chi connectivity index (χ0v) is 15.2. The summed E-state index contributed by atoms with van der Waals surface area (Å²) in [6.45, 7) is -0.363. The molecular weight excluding hydrogens is 356 g/mol. The van der Waals surface area contributed by atoms with E-state index in [1.54, 1.807) is 36.4 Å². The third-order valence-corrected chi connectivity index (χ3v) is 5.14. The molecule has 0 fully saturated rings. The van der Waals surface area contributed by atoms with Crippen molar-refractivity contribution >= 4 is 27.5 Å². The van der Waals surface area contributed by atoms with Gasteiger partial charge < -0.3 is 15.9 Å². The highest BCUT2D eigenvalue weighted by molar-refractivity contribution is 7.89. The van der Waals surface area contributed by atoms with Crippen molar-refractivity contribution in [2.75, 3.05) is 26.0 Å². The molecule has 9 heteroatoms. The molecule has 0 aliphatic heterocycles. The van der Waals surface area contributed by atoms with Gasteiger partial charge in [0.25, 0.3) is 5.91 Å². The monoisotopic (exact) mass is 376 g/mol. The molecule has 2 rings (SSSR count). The van der Waals surface area contributed by atoms with Crippen LogP contribution in [0.25, 0.3) is 0 Å². The number of amides is 1. The predicted octanol–water partition coefficient (Wildman–Crippen LogP) is 1.21. The summed E-state index contributed by atoms with van der Waals surface area (Å²) in [7, 11) is -0.713. The van der Waals surface area contributed by atoms with Gasteiger partial charge in [0, 0.05) is 25.3 Å². The van der Waals surface area contributed by atoms with E-state index in [2.05, 4.69) is 10.5 Å². The lowest BCUT2D eigenvalue weighted by molar-refractivity contribution is -0.120. The fraction of sp³-hybridized carbons (Fsp3) is 0.176. The Morgan fingerprint density at radius 2 is 1.85 bits per heavy atom. The first kappa shape index (κ1) is 19.4. The summed E-state index contributed by atoms with van der Waals surface area (Å²) < 4.78 is 25.3. The van der Waals surface area contributed by atoms with Gasteiger partial charge in [-0.2, -0.15) is 0 Å². The summed E-state index contributed by atoms with van der Waals surface area (Å²) in [4.78, 5) is 16.9. The summed E-state index contributed by atoms with van der Waals surface area (Å²) in [6.07, 6.45) is 0. The second kappa shape index (κ2) is 8.45. The number of nitrogens with one attached hydrogen (secondary N) is 1. The van der Waals surface area contributed by atoms with Crippen LogP contribution in [0.15, 0.2) is 64.6 Å². The van der Waals surface area contributed by atoms with Gasteiger partial charge in [-0.1, -0.05) is 41.6 Å². The Balaban J connectivity index is 1.96. The SMILES string of the molecule is CN(C)S(=O)(=O)c1cccc(NC(=O)CON=C(N)c2ccccc2)c1. The number of hydrogen-bond acceptors (Lipinski definition) is 5. The summed E-state index contributed by atoms with van der Waals surface area (Å²) in [5, 5.41) is 6.24. The van der Waals surface area contributed by atoms with Crippen LogP contribution in [0.2, 0.25) is 0 Å². The van der Waals surface area contributed by atoms with E-state index < -0.39 is 15.9 Å². The Morgan fingerprint density at radius 3 is 2.50 bits per heavy atom. The molecule has 2 aromatic carbocycles. The van der Waals surface area contributed by atoms with E-state index in [1.165, 1.54) is 26.2 Å². The Labute approximate surface area is 152 Å². The smallest absolute Gasteiger partial charge is 0.265 e. The number of oxime groups is 1. The van der Waals surface area contributed by atoms with Gasteiger partial charge in [0.05, 0.1) is 4.90 Å². The molecule has 0 aliphatic rings. The Bertz CT molecular complexity index is 896. The van der Waals surface area contributed by atoms with E-state index in [9.17, 15) is 13.2 Å². The molecule has 1 amide bonds. The molecule has 0 saturated heterocycles. The summed E-state index contributed by atoms with van der Waals surface area (Å²) in [5.74, 6) is -0.341. The van der Waals surface area contributed by atoms with E-state index >= 15 is 0 Å². The van der Waals surface area contributed by atoms with Crippen molar-refractivity contribution in [1.29, 1.82) is 0 Å².